The third-order valence-corrected chi connectivity index (χ3v) is 3.33. The summed E-state index contributed by atoms with van der Waals surface area (Å²) in [5.41, 5.74) is 0. The zero-order valence-corrected chi connectivity index (χ0v) is 6.49. The topological polar surface area (TPSA) is 12.0 Å². The number of hydrogen-bond donors (Lipinski definition) is 1. The first kappa shape index (κ1) is 6.78. The van der Waals surface area contributed by atoms with Gasteiger partial charge in [0.15, 0.2) is 0 Å². The molecular weight excluding hydrogens is 138 g/mol. The standard InChI is InChI=1S/C5H11NS2/c1-3-7-5-8-4-2-6-1/h6H,1-5H2. The summed E-state index contributed by atoms with van der Waals surface area (Å²) in [5, 5.41) is 4.64. The van der Waals surface area contributed by atoms with Gasteiger partial charge in [-0.15, -0.1) is 23.5 Å². The molecule has 0 bridgehead atoms. The Labute approximate surface area is 59.0 Å². The Morgan fingerprint density at radius 1 is 1.00 bits per heavy atom. The second-order valence-electron chi connectivity index (χ2n) is 1.68. The summed E-state index contributed by atoms with van der Waals surface area (Å²) in [6, 6.07) is 0. The normalized spacial score (nSPS) is 24.0. The minimum Gasteiger partial charge on any atom is -0.315 e. The molecule has 1 nitrogen and oxygen atoms in total. The van der Waals surface area contributed by atoms with Crippen LogP contribution in [0.15, 0.2) is 0 Å². The molecule has 0 unspecified atom stereocenters. The minimum atomic E-state index is 1.20. The van der Waals surface area contributed by atoms with Gasteiger partial charge in [-0.05, 0) is 0 Å². The lowest BCUT2D eigenvalue weighted by atomic mass is 10.7. The molecule has 0 aromatic rings. The molecule has 0 saturated carbocycles. The summed E-state index contributed by atoms with van der Waals surface area (Å²) in [7, 11) is 0. The highest BCUT2D eigenvalue weighted by Gasteiger charge is 1.94. The third kappa shape index (κ3) is 2.84. The fourth-order valence-electron chi connectivity index (χ4n) is 0.590. The van der Waals surface area contributed by atoms with Crippen molar-refractivity contribution in [3.8, 4) is 0 Å². The smallest absolute Gasteiger partial charge is 0.0393 e. The van der Waals surface area contributed by atoms with Crippen molar-refractivity contribution in [3.05, 3.63) is 0 Å². The number of nitrogens with one attached hydrogen (secondary N) is 1. The molecule has 48 valence electrons. The van der Waals surface area contributed by atoms with Gasteiger partial charge in [0.1, 0.15) is 0 Å². The maximum Gasteiger partial charge on any atom is 0.0393 e. The zero-order valence-electron chi connectivity index (χ0n) is 4.85. The highest BCUT2D eigenvalue weighted by atomic mass is 32.2. The Morgan fingerprint density at radius 2 is 1.62 bits per heavy atom. The molecule has 0 spiro atoms. The van der Waals surface area contributed by atoms with Crippen LogP contribution < -0.4 is 5.32 Å². The molecule has 1 rings (SSSR count). The van der Waals surface area contributed by atoms with Crippen LogP contribution >= 0.6 is 23.5 Å². The molecule has 1 heterocycles. The summed E-state index contributed by atoms with van der Waals surface area (Å²) in [4.78, 5) is 0. The van der Waals surface area contributed by atoms with E-state index in [0.717, 1.165) is 0 Å². The van der Waals surface area contributed by atoms with Crippen molar-refractivity contribution >= 4 is 23.5 Å². The summed E-state index contributed by atoms with van der Waals surface area (Å²) < 4.78 is 0. The lowest BCUT2D eigenvalue weighted by Crippen LogP contribution is -2.21. The van der Waals surface area contributed by atoms with Crippen molar-refractivity contribution in [2.75, 3.05) is 29.7 Å². The van der Waals surface area contributed by atoms with Crippen molar-refractivity contribution in [1.29, 1.82) is 0 Å². The van der Waals surface area contributed by atoms with Crippen LogP contribution in [0.1, 0.15) is 0 Å². The number of hydrogen-bond acceptors (Lipinski definition) is 3. The van der Waals surface area contributed by atoms with E-state index in [-0.39, 0.29) is 0 Å². The van der Waals surface area contributed by atoms with E-state index in [4.69, 9.17) is 0 Å². The van der Waals surface area contributed by atoms with Gasteiger partial charge in [-0.25, -0.2) is 0 Å². The molecule has 8 heavy (non-hydrogen) atoms. The van der Waals surface area contributed by atoms with E-state index in [0.29, 0.717) is 0 Å². The van der Waals surface area contributed by atoms with Crippen molar-refractivity contribution in [1.82, 2.24) is 5.32 Å². The molecule has 1 saturated heterocycles. The van der Waals surface area contributed by atoms with Crippen LogP contribution in [0.5, 0.6) is 0 Å². The van der Waals surface area contributed by atoms with E-state index in [1.54, 1.807) is 0 Å². The number of thioether (sulfide) groups is 2. The second-order valence-corrected chi connectivity index (χ2v) is 4.26. The van der Waals surface area contributed by atoms with E-state index in [1.807, 2.05) is 23.5 Å². The van der Waals surface area contributed by atoms with Gasteiger partial charge in [0, 0.05) is 29.7 Å². The van der Waals surface area contributed by atoms with Crippen LogP contribution in [0.25, 0.3) is 0 Å². The maximum absolute atomic E-state index is 3.35. The van der Waals surface area contributed by atoms with Gasteiger partial charge in [0.25, 0.3) is 0 Å². The first-order chi connectivity index (χ1) is 4.00. The summed E-state index contributed by atoms with van der Waals surface area (Å²) in [5.74, 6) is 2.57. The summed E-state index contributed by atoms with van der Waals surface area (Å²) in [6.45, 7) is 2.40. The Kier molecular flexibility index (Phi) is 3.84. The number of rotatable bonds is 0. The van der Waals surface area contributed by atoms with Crippen molar-refractivity contribution < 1.29 is 0 Å². The molecule has 1 aliphatic heterocycles. The van der Waals surface area contributed by atoms with Crippen LogP contribution in [-0.2, 0) is 0 Å². The van der Waals surface area contributed by atoms with Gasteiger partial charge < -0.3 is 5.32 Å². The Balaban J connectivity index is 2.00. The van der Waals surface area contributed by atoms with Crippen LogP contribution in [0.4, 0.5) is 0 Å². The second kappa shape index (κ2) is 4.53. The van der Waals surface area contributed by atoms with E-state index >= 15 is 0 Å². The predicted molar refractivity (Wildman–Crippen MR) is 42.7 cm³/mol. The molecule has 3 heteroatoms. The van der Waals surface area contributed by atoms with Gasteiger partial charge in [-0.3, -0.25) is 0 Å². The molecule has 0 radical (unpaired) electrons. The Bertz CT molecular complexity index is 34.4. The monoisotopic (exact) mass is 149 g/mol. The first-order valence-corrected chi connectivity index (χ1v) is 5.17. The van der Waals surface area contributed by atoms with E-state index in [9.17, 15) is 0 Å². The molecular formula is C5H11NS2. The Hall–Kier alpha value is 0.660. The first-order valence-electron chi connectivity index (χ1n) is 2.86. The highest BCUT2D eigenvalue weighted by Crippen LogP contribution is 2.11. The SMILES string of the molecule is C1CSCSCCN1. The molecule has 0 aromatic heterocycles. The molecule has 1 fully saturated rings. The van der Waals surface area contributed by atoms with Crippen LogP contribution in [-0.4, -0.2) is 29.7 Å². The lowest BCUT2D eigenvalue weighted by Gasteiger charge is -2.07. The largest absolute Gasteiger partial charge is 0.315 e. The fourth-order valence-corrected chi connectivity index (χ4v) is 2.58. The molecule has 0 amide bonds. The minimum absolute atomic E-state index is 1.20. The summed E-state index contributed by atoms with van der Waals surface area (Å²) >= 11 is 4.06. The van der Waals surface area contributed by atoms with E-state index < -0.39 is 0 Å². The van der Waals surface area contributed by atoms with E-state index in [1.165, 1.54) is 29.7 Å². The van der Waals surface area contributed by atoms with Crippen LogP contribution in [0, 0.1) is 0 Å². The molecule has 0 atom stereocenters. The predicted octanol–water partition coefficient (Wildman–Crippen LogP) is 1.01. The fraction of sp³-hybridized carbons (Fsp3) is 1.00. The molecule has 0 aromatic carbocycles. The van der Waals surface area contributed by atoms with Crippen LogP contribution in [0.3, 0.4) is 0 Å². The van der Waals surface area contributed by atoms with Gasteiger partial charge in [-0.1, -0.05) is 0 Å². The average Bonchev–Trinajstić information content (AvgIpc) is 1.62. The lowest BCUT2D eigenvalue weighted by molar-refractivity contribution is 0.773. The van der Waals surface area contributed by atoms with Gasteiger partial charge in [0.2, 0.25) is 0 Å². The Morgan fingerprint density at radius 3 is 2.25 bits per heavy atom. The van der Waals surface area contributed by atoms with Crippen LogP contribution in [0.2, 0.25) is 0 Å². The zero-order chi connectivity index (χ0) is 5.66. The molecule has 1 N–H and O–H groups in total. The van der Waals surface area contributed by atoms with Crippen molar-refractivity contribution in [3.63, 3.8) is 0 Å². The van der Waals surface area contributed by atoms with Gasteiger partial charge in [-0.2, -0.15) is 0 Å². The van der Waals surface area contributed by atoms with Gasteiger partial charge in [0.05, 0.1) is 0 Å². The van der Waals surface area contributed by atoms with Gasteiger partial charge >= 0.3 is 0 Å². The third-order valence-electron chi connectivity index (χ3n) is 1.01. The maximum atomic E-state index is 3.35. The van der Waals surface area contributed by atoms with Crippen molar-refractivity contribution in [2.24, 2.45) is 0 Å². The molecule has 0 aliphatic carbocycles. The summed E-state index contributed by atoms with van der Waals surface area (Å²) in [6.07, 6.45) is 0. The highest BCUT2D eigenvalue weighted by molar-refractivity contribution is 8.16. The van der Waals surface area contributed by atoms with E-state index in [2.05, 4.69) is 5.32 Å². The van der Waals surface area contributed by atoms with Crippen molar-refractivity contribution in [2.45, 2.75) is 0 Å². The average molecular weight is 149 g/mol. The molecule has 1 aliphatic rings. The quantitative estimate of drug-likeness (QED) is 0.552.